The Morgan fingerprint density at radius 3 is 2.42 bits per heavy atom. The summed E-state index contributed by atoms with van der Waals surface area (Å²) in [5.74, 6) is 1.00. The van der Waals surface area contributed by atoms with Gasteiger partial charge in [-0.25, -0.2) is 0 Å². The van der Waals surface area contributed by atoms with Gasteiger partial charge in [0.25, 0.3) is 0 Å². The number of hydrogen-bond acceptors (Lipinski definition) is 3. The molecule has 0 spiro atoms. The lowest BCUT2D eigenvalue weighted by atomic mass is 10.6. The molecular weight excluding hydrogens is 228 g/mol. The molecule has 0 heterocycles. The van der Waals surface area contributed by atoms with Gasteiger partial charge in [-0.3, -0.25) is 0 Å². The normalized spacial score (nSPS) is 9.17. The number of hydrogen-bond donors (Lipinski definition) is 3. The molecule has 0 aromatic rings. The van der Waals surface area contributed by atoms with Crippen LogP contribution in [0.2, 0.25) is 0 Å². The monoisotopic (exact) mass is 240 g/mol. The summed E-state index contributed by atoms with van der Waals surface area (Å²) in [5.41, 5.74) is 0. The summed E-state index contributed by atoms with van der Waals surface area (Å²) in [5, 5.41) is 5.98. The Morgan fingerprint density at radius 1 is 1.33 bits per heavy atom. The van der Waals surface area contributed by atoms with Crippen LogP contribution >= 0.6 is 48.8 Å². The van der Waals surface area contributed by atoms with Crippen LogP contribution in [0.3, 0.4) is 0 Å². The molecule has 6 heteroatoms. The molecule has 0 atom stereocenters. The highest BCUT2D eigenvalue weighted by atomic mass is 32.2. The van der Waals surface area contributed by atoms with Crippen molar-refractivity contribution in [2.24, 2.45) is 0 Å². The van der Waals surface area contributed by atoms with E-state index >= 15 is 0 Å². The molecule has 0 aromatic heterocycles. The minimum atomic E-state index is 0.519. The minimum absolute atomic E-state index is 0.519. The van der Waals surface area contributed by atoms with Crippen molar-refractivity contribution in [2.75, 3.05) is 18.8 Å². The van der Waals surface area contributed by atoms with Crippen LogP contribution in [0, 0.1) is 0 Å². The zero-order valence-corrected chi connectivity index (χ0v) is 10.1. The van der Waals surface area contributed by atoms with Gasteiger partial charge in [-0.15, -0.1) is 12.6 Å². The van der Waals surface area contributed by atoms with Crippen LogP contribution in [0.5, 0.6) is 0 Å². The second-order valence-corrected chi connectivity index (χ2v) is 4.98. The van der Waals surface area contributed by atoms with E-state index in [4.69, 9.17) is 24.4 Å². The third kappa shape index (κ3) is 8.58. The Kier molecular flexibility index (Phi) is 8.42. The van der Waals surface area contributed by atoms with Gasteiger partial charge in [0.15, 0.2) is 0 Å². The Labute approximate surface area is 93.7 Å². The molecule has 2 N–H and O–H groups in total. The van der Waals surface area contributed by atoms with Gasteiger partial charge in [0.1, 0.15) is 8.64 Å². The second kappa shape index (κ2) is 8.10. The van der Waals surface area contributed by atoms with Crippen LogP contribution < -0.4 is 10.6 Å². The first kappa shape index (κ1) is 12.5. The topological polar surface area (TPSA) is 24.1 Å². The maximum absolute atomic E-state index is 5.00. The Balaban J connectivity index is 3.19. The molecule has 70 valence electrons. The summed E-state index contributed by atoms with van der Waals surface area (Å²) in [6, 6.07) is 0. The highest BCUT2D eigenvalue weighted by molar-refractivity contribution is 8.22. The van der Waals surface area contributed by atoms with Crippen molar-refractivity contribution in [2.45, 2.75) is 6.92 Å². The fraction of sp³-hybridized carbons (Fsp3) is 0.667. The van der Waals surface area contributed by atoms with Gasteiger partial charge < -0.3 is 10.6 Å². The second-order valence-electron chi connectivity index (χ2n) is 1.88. The van der Waals surface area contributed by atoms with Crippen molar-refractivity contribution in [3.8, 4) is 0 Å². The van der Waals surface area contributed by atoms with Gasteiger partial charge in [0.05, 0.1) is 0 Å². The maximum Gasteiger partial charge on any atom is 0.133 e. The van der Waals surface area contributed by atoms with Crippen molar-refractivity contribution in [3.63, 3.8) is 0 Å². The van der Waals surface area contributed by atoms with E-state index in [0.717, 1.165) is 23.2 Å². The molecule has 0 amide bonds. The van der Waals surface area contributed by atoms with Crippen LogP contribution in [0.4, 0.5) is 0 Å². The number of rotatable bonds is 4. The van der Waals surface area contributed by atoms with Crippen molar-refractivity contribution >= 4 is 57.5 Å². The summed E-state index contributed by atoms with van der Waals surface area (Å²) >= 11 is 15.3. The van der Waals surface area contributed by atoms with Gasteiger partial charge in [-0.1, -0.05) is 43.1 Å². The first-order chi connectivity index (χ1) is 5.66. The van der Waals surface area contributed by atoms with Crippen LogP contribution in [-0.2, 0) is 0 Å². The third-order valence-electron chi connectivity index (χ3n) is 0.946. The van der Waals surface area contributed by atoms with Gasteiger partial charge >= 0.3 is 0 Å². The van der Waals surface area contributed by atoms with E-state index in [2.05, 4.69) is 30.2 Å². The summed E-state index contributed by atoms with van der Waals surface area (Å²) in [7, 11) is 0. The molecule has 0 aliphatic heterocycles. The number of thiol groups is 1. The van der Waals surface area contributed by atoms with Crippen molar-refractivity contribution in [3.05, 3.63) is 0 Å². The molecule has 0 radical (unpaired) electrons. The predicted octanol–water partition coefficient (Wildman–Crippen LogP) is 1.42. The Morgan fingerprint density at radius 2 is 1.92 bits per heavy atom. The fourth-order valence-corrected chi connectivity index (χ4v) is 1.65. The van der Waals surface area contributed by atoms with Crippen LogP contribution in [0.15, 0.2) is 0 Å². The summed E-state index contributed by atoms with van der Waals surface area (Å²) in [6.45, 7) is 3.61. The highest BCUT2D eigenvalue weighted by Crippen LogP contribution is 1.98. The molecule has 0 saturated carbocycles. The lowest BCUT2D eigenvalue weighted by Crippen LogP contribution is -2.30. The Hall–Kier alpha value is 0.480. The van der Waals surface area contributed by atoms with Gasteiger partial charge in [-0.2, -0.15) is 0 Å². The highest BCUT2D eigenvalue weighted by Gasteiger charge is 1.93. The van der Waals surface area contributed by atoms with Crippen LogP contribution in [0.1, 0.15) is 6.92 Å². The first-order valence-electron chi connectivity index (χ1n) is 3.54. The predicted molar refractivity (Wildman–Crippen MR) is 68.3 cm³/mol. The molecule has 0 aliphatic rings. The number of thiocarbonyl (C=S) groups is 2. The minimum Gasteiger partial charge on any atom is -0.369 e. The van der Waals surface area contributed by atoms with E-state index < -0.39 is 0 Å². The van der Waals surface area contributed by atoms with Crippen molar-refractivity contribution < 1.29 is 0 Å². The molecule has 12 heavy (non-hydrogen) atoms. The van der Waals surface area contributed by atoms with Gasteiger partial charge in [0.2, 0.25) is 0 Å². The zero-order valence-electron chi connectivity index (χ0n) is 6.79. The van der Waals surface area contributed by atoms with Gasteiger partial charge in [0, 0.05) is 13.1 Å². The van der Waals surface area contributed by atoms with Crippen LogP contribution in [-0.4, -0.2) is 27.5 Å². The third-order valence-corrected chi connectivity index (χ3v) is 2.44. The van der Waals surface area contributed by atoms with E-state index in [-0.39, 0.29) is 0 Å². The summed E-state index contributed by atoms with van der Waals surface area (Å²) < 4.78 is 1.36. The van der Waals surface area contributed by atoms with Crippen LogP contribution in [0.25, 0.3) is 0 Å². The molecule has 0 saturated heterocycles. The van der Waals surface area contributed by atoms with E-state index in [0.29, 0.717) is 4.32 Å². The van der Waals surface area contributed by atoms with Crippen molar-refractivity contribution in [1.29, 1.82) is 0 Å². The number of nitrogens with one attached hydrogen (secondary N) is 2. The smallest absolute Gasteiger partial charge is 0.133 e. The lowest BCUT2D eigenvalue weighted by Gasteiger charge is -2.06. The Bertz CT molecular complexity index is 160. The lowest BCUT2D eigenvalue weighted by molar-refractivity contribution is 0.833. The van der Waals surface area contributed by atoms with Crippen molar-refractivity contribution in [1.82, 2.24) is 10.6 Å². The average Bonchev–Trinajstić information content (AvgIpc) is 1.98. The SMILES string of the molecule is CCSC(=S)NCCNC(=S)S. The summed E-state index contributed by atoms with van der Waals surface area (Å²) in [6.07, 6.45) is 0. The van der Waals surface area contributed by atoms with E-state index in [1.165, 1.54) is 0 Å². The quantitative estimate of drug-likeness (QED) is 0.392. The maximum atomic E-state index is 5.00. The molecule has 0 unspecified atom stereocenters. The largest absolute Gasteiger partial charge is 0.369 e. The number of thioether (sulfide) groups is 1. The molecule has 0 bridgehead atoms. The molecule has 0 aromatic carbocycles. The first-order valence-corrected chi connectivity index (χ1v) is 5.79. The van der Waals surface area contributed by atoms with E-state index in [1.54, 1.807) is 11.8 Å². The molecule has 0 rings (SSSR count). The van der Waals surface area contributed by atoms with Gasteiger partial charge in [-0.05, 0) is 5.75 Å². The fourth-order valence-electron chi connectivity index (χ4n) is 0.516. The standard InChI is InChI=1S/C6H12N2S4/c1-2-12-6(11)8-4-3-7-5(9)10/h2-4H2,1H3,(H,8,11)(H2,7,9,10). The molecule has 2 nitrogen and oxygen atoms in total. The zero-order chi connectivity index (χ0) is 9.40. The average molecular weight is 240 g/mol. The van der Waals surface area contributed by atoms with E-state index in [1.807, 2.05) is 0 Å². The summed E-state index contributed by atoms with van der Waals surface area (Å²) in [4.78, 5) is 0. The molecular formula is C6H12N2S4. The molecule has 0 aliphatic carbocycles. The molecule has 0 fully saturated rings. The van der Waals surface area contributed by atoms with E-state index in [9.17, 15) is 0 Å².